The molecule has 0 atom stereocenters. The van der Waals surface area contributed by atoms with Crippen LogP contribution in [0.25, 0.3) is 11.3 Å². The molecule has 136 valence electrons. The molecule has 2 heterocycles. The summed E-state index contributed by atoms with van der Waals surface area (Å²) in [4.78, 5) is 11.9. The van der Waals surface area contributed by atoms with E-state index < -0.39 is 5.97 Å². The SMILES string of the molecule is CCOC(=O)c1cnn(-c2ccc(NC=C(C#N)c3nn[nH]n3)cc2)c1C. The summed E-state index contributed by atoms with van der Waals surface area (Å²) in [5, 5.41) is 29.7. The number of aromatic nitrogens is 6. The number of hydrogen-bond donors (Lipinski definition) is 2. The highest BCUT2D eigenvalue weighted by molar-refractivity contribution is 5.90. The van der Waals surface area contributed by atoms with Crippen LogP contribution in [-0.4, -0.2) is 43.0 Å². The van der Waals surface area contributed by atoms with Gasteiger partial charge in [-0.05, 0) is 43.3 Å². The second-order valence-corrected chi connectivity index (χ2v) is 5.37. The van der Waals surface area contributed by atoms with Gasteiger partial charge in [0.25, 0.3) is 0 Å². The summed E-state index contributed by atoms with van der Waals surface area (Å²) in [5.41, 5.74) is 2.91. The number of tetrazole rings is 1. The van der Waals surface area contributed by atoms with Crippen molar-refractivity contribution in [2.24, 2.45) is 0 Å². The third-order valence-electron chi connectivity index (χ3n) is 3.71. The Bertz CT molecular complexity index is 997. The number of allylic oxidation sites excluding steroid dienone is 1. The minimum Gasteiger partial charge on any atom is -0.462 e. The van der Waals surface area contributed by atoms with Crippen molar-refractivity contribution in [3.05, 3.63) is 53.7 Å². The van der Waals surface area contributed by atoms with Gasteiger partial charge in [0, 0.05) is 11.9 Å². The molecule has 0 amide bonds. The summed E-state index contributed by atoms with van der Waals surface area (Å²) >= 11 is 0. The standard InChI is InChI=1S/C17H16N8O2/c1-3-27-17(26)15-10-20-25(11(15)2)14-6-4-13(5-7-14)19-9-12(8-18)16-21-23-24-22-16/h4-7,9-10,19H,3H2,1-2H3,(H,21,22,23,24). The van der Waals surface area contributed by atoms with Crippen LogP contribution in [-0.2, 0) is 4.74 Å². The van der Waals surface area contributed by atoms with Crippen molar-refractivity contribution in [1.29, 1.82) is 5.26 Å². The average Bonchev–Trinajstić information content (AvgIpc) is 3.33. The highest BCUT2D eigenvalue weighted by Crippen LogP contribution is 2.18. The van der Waals surface area contributed by atoms with Crippen molar-refractivity contribution in [1.82, 2.24) is 30.4 Å². The van der Waals surface area contributed by atoms with Crippen molar-refractivity contribution in [3.8, 4) is 11.8 Å². The fraction of sp³-hybridized carbons (Fsp3) is 0.176. The number of nitrogens with zero attached hydrogens (tertiary/aromatic N) is 6. The van der Waals surface area contributed by atoms with Crippen LogP contribution in [0.5, 0.6) is 0 Å². The first-order chi connectivity index (χ1) is 13.1. The molecule has 0 spiro atoms. The molecular formula is C17H16N8O2. The monoisotopic (exact) mass is 364 g/mol. The maximum absolute atomic E-state index is 11.9. The predicted octanol–water partition coefficient (Wildman–Crippen LogP) is 1.85. The van der Waals surface area contributed by atoms with Crippen LogP contribution in [0, 0.1) is 18.3 Å². The van der Waals surface area contributed by atoms with Crippen molar-refractivity contribution in [3.63, 3.8) is 0 Å². The van der Waals surface area contributed by atoms with Gasteiger partial charge >= 0.3 is 5.97 Å². The van der Waals surface area contributed by atoms with Crippen LogP contribution < -0.4 is 5.32 Å². The Balaban J connectivity index is 1.76. The molecular weight excluding hydrogens is 348 g/mol. The maximum atomic E-state index is 11.9. The Labute approximate surface area is 154 Å². The molecule has 10 heteroatoms. The Morgan fingerprint density at radius 2 is 2.19 bits per heavy atom. The molecule has 0 fully saturated rings. The Morgan fingerprint density at radius 1 is 1.41 bits per heavy atom. The zero-order chi connectivity index (χ0) is 19.2. The van der Waals surface area contributed by atoms with Crippen LogP contribution in [0.15, 0.2) is 36.7 Å². The molecule has 0 saturated heterocycles. The molecule has 0 aliphatic heterocycles. The summed E-state index contributed by atoms with van der Waals surface area (Å²) in [7, 11) is 0. The molecule has 0 unspecified atom stereocenters. The first-order valence-electron chi connectivity index (χ1n) is 8.06. The van der Waals surface area contributed by atoms with E-state index in [2.05, 4.69) is 31.0 Å². The first kappa shape index (κ1) is 17.8. The fourth-order valence-electron chi connectivity index (χ4n) is 2.36. The van der Waals surface area contributed by atoms with E-state index in [4.69, 9.17) is 10.00 Å². The van der Waals surface area contributed by atoms with E-state index >= 15 is 0 Å². The summed E-state index contributed by atoms with van der Waals surface area (Å²) in [6.07, 6.45) is 2.99. The number of aromatic amines is 1. The zero-order valence-corrected chi connectivity index (χ0v) is 14.7. The number of nitriles is 1. The van der Waals surface area contributed by atoms with E-state index in [1.165, 1.54) is 12.4 Å². The van der Waals surface area contributed by atoms with Gasteiger partial charge in [0.1, 0.15) is 17.2 Å². The number of H-pyrrole nitrogens is 1. The average molecular weight is 364 g/mol. The van der Waals surface area contributed by atoms with Crippen LogP contribution in [0.2, 0.25) is 0 Å². The van der Waals surface area contributed by atoms with Gasteiger partial charge < -0.3 is 10.1 Å². The van der Waals surface area contributed by atoms with E-state index in [1.807, 2.05) is 30.3 Å². The molecule has 0 aliphatic rings. The van der Waals surface area contributed by atoms with Gasteiger partial charge in [0.05, 0.1) is 24.2 Å². The molecule has 0 saturated carbocycles. The molecule has 1 aromatic carbocycles. The molecule has 3 aromatic rings. The minimum atomic E-state index is -0.393. The van der Waals surface area contributed by atoms with Crippen LogP contribution in [0.3, 0.4) is 0 Å². The lowest BCUT2D eigenvalue weighted by Gasteiger charge is -2.07. The molecule has 2 aromatic heterocycles. The van der Waals surface area contributed by atoms with Crippen molar-refractivity contribution < 1.29 is 9.53 Å². The molecule has 0 aliphatic carbocycles. The summed E-state index contributed by atoms with van der Waals surface area (Å²) in [5.74, 6) is -0.185. The molecule has 0 radical (unpaired) electrons. The second kappa shape index (κ2) is 7.92. The number of esters is 1. The number of carbonyl (C=O) groups is 1. The smallest absolute Gasteiger partial charge is 0.341 e. The fourth-order valence-corrected chi connectivity index (χ4v) is 2.36. The van der Waals surface area contributed by atoms with Crippen molar-refractivity contribution in [2.45, 2.75) is 13.8 Å². The van der Waals surface area contributed by atoms with E-state index in [1.54, 1.807) is 18.5 Å². The van der Waals surface area contributed by atoms with E-state index in [0.29, 0.717) is 17.9 Å². The molecule has 3 rings (SSSR count). The summed E-state index contributed by atoms with van der Waals surface area (Å²) in [6.45, 7) is 3.87. The summed E-state index contributed by atoms with van der Waals surface area (Å²) < 4.78 is 6.68. The first-order valence-corrected chi connectivity index (χ1v) is 8.06. The van der Waals surface area contributed by atoms with E-state index in [0.717, 1.165) is 11.4 Å². The van der Waals surface area contributed by atoms with Gasteiger partial charge in [-0.25, -0.2) is 9.48 Å². The third-order valence-corrected chi connectivity index (χ3v) is 3.71. The largest absolute Gasteiger partial charge is 0.462 e. The topological polar surface area (TPSA) is 134 Å². The number of carbonyl (C=O) groups excluding carboxylic acids is 1. The van der Waals surface area contributed by atoms with Gasteiger partial charge in [0.2, 0.25) is 5.82 Å². The highest BCUT2D eigenvalue weighted by Gasteiger charge is 2.15. The lowest BCUT2D eigenvalue weighted by Crippen LogP contribution is -2.06. The quantitative estimate of drug-likeness (QED) is 0.500. The van der Waals surface area contributed by atoms with Gasteiger partial charge in [-0.1, -0.05) is 0 Å². The predicted molar refractivity (Wildman–Crippen MR) is 95.6 cm³/mol. The summed E-state index contributed by atoms with van der Waals surface area (Å²) in [6, 6.07) is 9.32. The second-order valence-electron chi connectivity index (χ2n) is 5.37. The number of ether oxygens (including phenoxy) is 1. The van der Waals surface area contributed by atoms with Crippen molar-refractivity contribution >= 4 is 17.2 Å². The highest BCUT2D eigenvalue weighted by atomic mass is 16.5. The van der Waals surface area contributed by atoms with Gasteiger partial charge in [0.15, 0.2) is 0 Å². The van der Waals surface area contributed by atoms with E-state index in [9.17, 15) is 4.79 Å². The molecule has 10 nitrogen and oxygen atoms in total. The van der Waals surface area contributed by atoms with Crippen LogP contribution in [0.1, 0.15) is 28.8 Å². The minimum absolute atomic E-state index is 0.209. The van der Waals surface area contributed by atoms with Gasteiger partial charge in [-0.2, -0.15) is 15.6 Å². The zero-order valence-electron chi connectivity index (χ0n) is 14.7. The Hall–Kier alpha value is -4.00. The molecule has 0 bridgehead atoms. The van der Waals surface area contributed by atoms with Crippen LogP contribution in [0.4, 0.5) is 5.69 Å². The number of rotatable bonds is 6. The lowest BCUT2D eigenvalue weighted by atomic mass is 10.2. The van der Waals surface area contributed by atoms with Crippen molar-refractivity contribution in [2.75, 3.05) is 11.9 Å². The Kier molecular flexibility index (Phi) is 5.22. The number of hydrogen-bond acceptors (Lipinski definition) is 8. The number of anilines is 1. The number of benzene rings is 1. The lowest BCUT2D eigenvalue weighted by molar-refractivity contribution is 0.0525. The van der Waals surface area contributed by atoms with Crippen LogP contribution >= 0.6 is 0 Å². The van der Waals surface area contributed by atoms with E-state index in [-0.39, 0.29) is 11.4 Å². The Morgan fingerprint density at radius 3 is 2.81 bits per heavy atom. The normalized spacial score (nSPS) is 11.1. The molecule has 27 heavy (non-hydrogen) atoms. The van der Waals surface area contributed by atoms with Gasteiger partial charge in [-0.15, -0.1) is 10.2 Å². The maximum Gasteiger partial charge on any atom is 0.341 e. The van der Waals surface area contributed by atoms with Gasteiger partial charge in [-0.3, -0.25) is 0 Å². The molecule has 2 N–H and O–H groups in total. The number of nitrogens with one attached hydrogen (secondary N) is 2. The third kappa shape index (κ3) is 3.82.